The number of H-pyrrole nitrogens is 1. The zero-order valence-corrected chi connectivity index (χ0v) is 15.0. The summed E-state index contributed by atoms with van der Waals surface area (Å²) >= 11 is 5.79. The monoisotopic (exact) mass is 390 g/mol. The number of rotatable bonds is 5. The molecule has 0 aliphatic heterocycles. The molecular weight excluding hydrogens is 376 g/mol. The van der Waals surface area contributed by atoms with Crippen molar-refractivity contribution in [3.63, 3.8) is 0 Å². The highest BCUT2D eigenvalue weighted by Gasteiger charge is 2.17. The first kappa shape index (κ1) is 18.0. The maximum absolute atomic E-state index is 12.6. The van der Waals surface area contributed by atoms with Crippen LogP contribution in [0.25, 0.3) is 0 Å². The van der Waals surface area contributed by atoms with Gasteiger partial charge in [0, 0.05) is 16.9 Å². The van der Waals surface area contributed by atoms with E-state index in [9.17, 15) is 13.2 Å². The molecule has 1 aromatic heterocycles. The van der Waals surface area contributed by atoms with E-state index in [1.54, 1.807) is 12.3 Å². The highest BCUT2D eigenvalue weighted by molar-refractivity contribution is 7.91. The number of hydrogen-bond donors (Lipinski definition) is 3. The van der Waals surface area contributed by atoms with E-state index in [0.717, 1.165) is 5.69 Å². The molecule has 3 N–H and O–H groups in total. The molecule has 0 saturated carbocycles. The number of urea groups is 1. The van der Waals surface area contributed by atoms with Gasteiger partial charge < -0.3 is 10.6 Å². The highest BCUT2D eigenvalue weighted by atomic mass is 35.5. The maximum atomic E-state index is 12.6. The molecule has 3 rings (SSSR count). The lowest BCUT2D eigenvalue weighted by atomic mass is 10.3. The molecule has 2 amide bonds. The molecule has 1 heterocycles. The van der Waals surface area contributed by atoms with Crippen molar-refractivity contribution < 1.29 is 13.2 Å². The molecule has 2 aromatic carbocycles. The molecule has 26 heavy (non-hydrogen) atoms. The van der Waals surface area contributed by atoms with Gasteiger partial charge in [-0.1, -0.05) is 11.6 Å². The van der Waals surface area contributed by atoms with Gasteiger partial charge >= 0.3 is 6.03 Å². The van der Waals surface area contributed by atoms with Crippen LogP contribution in [0, 0.1) is 0 Å². The van der Waals surface area contributed by atoms with Crippen molar-refractivity contribution in [1.82, 2.24) is 15.5 Å². The van der Waals surface area contributed by atoms with Crippen molar-refractivity contribution >= 4 is 33.2 Å². The smallest absolute Gasteiger partial charge is 0.319 e. The fraction of sp³-hybridized carbons (Fsp3) is 0.0588. The lowest BCUT2D eigenvalue weighted by Gasteiger charge is -2.08. The number of nitrogens with zero attached hydrogens (tertiary/aromatic N) is 1. The Balaban J connectivity index is 1.66. The Bertz CT molecular complexity index is 986. The van der Waals surface area contributed by atoms with Crippen molar-refractivity contribution in [2.45, 2.75) is 16.3 Å². The summed E-state index contributed by atoms with van der Waals surface area (Å²) in [5.74, 6) is 0. The van der Waals surface area contributed by atoms with Gasteiger partial charge in [-0.25, -0.2) is 13.2 Å². The number of halogens is 1. The second-order valence-electron chi connectivity index (χ2n) is 5.37. The third-order valence-electron chi connectivity index (χ3n) is 3.54. The summed E-state index contributed by atoms with van der Waals surface area (Å²) in [7, 11) is -3.64. The Kier molecular flexibility index (Phi) is 5.24. The molecule has 0 spiro atoms. The molecule has 0 saturated heterocycles. The molecular formula is C17H15ClN4O3S. The van der Waals surface area contributed by atoms with Gasteiger partial charge in [-0.15, -0.1) is 0 Å². The van der Waals surface area contributed by atoms with Gasteiger partial charge in [0.25, 0.3) is 0 Å². The Hall–Kier alpha value is -2.84. The number of aromatic amines is 1. The zero-order valence-electron chi connectivity index (χ0n) is 13.4. The quantitative estimate of drug-likeness (QED) is 0.622. The third-order valence-corrected chi connectivity index (χ3v) is 5.58. The SMILES string of the molecule is O=C(NCc1ccn[nH]1)Nc1ccc(S(=O)(=O)c2ccc(Cl)cc2)cc1. The van der Waals surface area contributed by atoms with Crippen molar-refractivity contribution in [2.75, 3.05) is 5.32 Å². The Labute approximate surface area is 155 Å². The molecule has 134 valence electrons. The van der Waals surface area contributed by atoms with Crippen LogP contribution < -0.4 is 10.6 Å². The van der Waals surface area contributed by atoms with Crippen LogP contribution in [0.2, 0.25) is 5.02 Å². The van der Waals surface area contributed by atoms with Crippen LogP contribution in [0.3, 0.4) is 0 Å². The van der Waals surface area contributed by atoms with E-state index in [1.807, 2.05) is 0 Å². The summed E-state index contributed by atoms with van der Waals surface area (Å²) in [6.45, 7) is 0.300. The number of carbonyl (C=O) groups is 1. The lowest BCUT2D eigenvalue weighted by molar-refractivity contribution is 0.251. The normalized spacial score (nSPS) is 11.1. The topological polar surface area (TPSA) is 104 Å². The summed E-state index contributed by atoms with van der Waals surface area (Å²) in [5, 5.41) is 12.3. The molecule has 0 fully saturated rings. The second-order valence-corrected chi connectivity index (χ2v) is 7.76. The number of benzene rings is 2. The zero-order chi connectivity index (χ0) is 18.6. The van der Waals surface area contributed by atoms with Gasteiger partial charge in [-0.3, -0.25) is 5.10 Å². The molecule has 0 bridgehead atoms. The van der Waals surface area contributed by atoms with Gasteiger partial charge in [-0.05, 0) is 54.6 Å². The van der Waals surface area contributed by atoms with Crippen LogP contribution in [0.1, 0.15) is 5.69 Å². The fourth-order valence-corrected chi connectivity index (χ4v) is 3.59. The first-order valence-corrected chi connectivity index (χ1v) is 9.45. The number of hydrogen-bond acceptors (Lipinski definition) is 4. The number of amides is 2. The molecule has 3 aromatic rings. The van der Waals surface area contributed by atoms with E-state index >= 15 is 0 Å². The first-order valence-electron chi connectivity index (χ1n) is 7.59. The fourth-order valence-electron chi connectivity index (χ4n) is 2.20. The summed E-state index contributed by atoms with van der Waals surface area (Å²) in [5.41, 5.74) is 1.24. The Morgan fingerprint density at radius 3 is 2.19 bits per heavy atom. The van der Waals surface area contributed by atoms with Crippen LogP contribution in [-0.2, 0) is 16.4 Å². The average molecular weight is 391 g/mol. The lowest BCUT2D eigenvalue weighted by Crippen LogP contribution is -2.28. The number of carbonyl (C=O) groups excluding carboxylic acids is 1. The Morgan fingerprint density at radius 1 is 1.00 bits per heavy atom. The summed E-state index contributed by atoms with van der Waals surface area (Å²) < 4.78 is 25.1. The van der Waals surface area contributed by atoms with Gasteiger partial charge in [0.2, 0.25) is 9.84 Å². The van der Waals surface area contributed by atoms with Gasteiger partial charge in [0.1, 0.15) is 0 Å². The minimum Gasteiger partial charge on any atom is -0.332 e. The number of anilines is 1. The standard InChI is InChI=1S/C17H15ClN4O3S/c18-12-1-5-15(6-2-12)26(24,25)16-7-3-13(4-8-16)21-17(23)19-11-14-9-10-20-22-14/h1-10H,11H2,(H,20,22)(H2,19,21,23). The average Bonchev–Trinajstić information content (AvgIpc) is 3.14. The largest absolute Gasteiger partial charge is 0.332 e. The third kappa shape index (κ3) is 4.22. The van der Waals surface area contributed by atoms with Gasteiger partial charge in [-0.2, -0.15) is 5.10 Å². The van der Waals surface area contributed by atoms with Crippen LogP contribution in [0.4, 0.5) is 10.5 Å². The van der Waals surface area contributed by atoms with E-state index in [4.69, 9.17) is 11.6 Å². The minimum atomic E-state index is -3.64. The number of sulfone groups is 1. The highest BCUT2D eigenvalue weighted by Crippen LogP contribution is 2.23. The molecule has 0 aliphatic carbocycles. The second kappa shape index (κ2) is 7.59. The molecule has 0 unspecified atom stereocenters. The predicted octanol–water partition coefficient (Wildman–Crippen LogP) is 3.22. The van der Waals surface area contributed by atoms with Crippen molar-refractivity contribution in [2.24, 2.45) is 0 Å². The molecule has 9 heteroatoms. The van der Waals surface area contributed by atoms with Crippen LogP contribution in [-0.4, -0.2) is 24.6 Å². The number of aromatic nitrogens is 2. The molecule has 0 atom stereocenters. The van der Waals surface area contributed by atoms with Crippen LogP contribution >= 0.6 is 11.6 Å². The van der Waals surface area contributed by atoms with E-state index < -0.39 is 15.9 Å². The van der Waals surface area contributed by atoms with E-state index in [-0.39, 0.29) is 9.79 Å². The predicted molar refractivity (Wildman–Crippen MR) is 97.8 cm³/mol. The van der Waals surface area contributed by atoms with Crippen LogP contribution in [0.5, 0.6) is 0 Å². The summed E-state index contributed by atoms with van der Waals surface area (Å²) in [4.78, 5) is 12.1. The summed E-state index contributed by atoms with van der Waals surface area (Å²) in [6, 6.07) is 13.2. The molecule has 0 aliphatic rings. The molecule has 0 radical (unpaired) electrons. The van der Waals surface area contributed by atoms with Crippen LogP contribution in [0.15, 0.2) is 70.6 Å². The first-order chi connectivity index (χ1) is 12.4. The van der Waals surface area contributed by atoms with E-state index in [2.05, 4.69) is 20.8 Å². The van der Waals surface area contributed by atoms with Gasteiger partial charge in [0.15, 0.2) is 0 Å². The van der Waals surface area contributed by atoms with E-state index in [1.165, 1.54) is 48.5 Å². The van der Waals surface area contributed by atoms with Gasteiger partial charge in [0.05, 0.1) is 22.0 Å². The Morgan fingerprint density at radius 2 is 1.62 bits per heavy atom. The minimum absolute atomic E-state index is 0.128. The molecule has 7 nitrogen and oxygen atoms in total. The maximum Gasteiger partial charge on any atom is 0.319 e. The van der Waals surface area contributed by atoms with Crippen molar-refractivity contribution in [1.29, 1.82) is 0 Å². The van der Waals surface area contributed by atoms with Crippen molar-refractivity contribution in [3.05, 3.63) is 71.5 Å². The summed E-state index contributed by atoms with van der Waals surface area (Å²) in [6.07, 6.45) is 1.59. The van der Waals surface area contributed by atoms with E-state index in [0.29, 0.717) is 17.3 Å². The number of nitrogens with one attached hydrogen (secondary N) is 3. The van der Waals surface area contributed by atoms with Crippen molar-refractivity contribution in [3.8, 4) is 0 Å².